The van der Waals surface area contributed by atoms with Crippen molar-refractivity contribution in [1.82, 2.24) is 10.2 Å². The second-order valence-corrected chi connectivity index (χ2v) is 5.07. The third kappa shape index (κ3) is 3.96. The number of nitrogens with zero attached hydrogens (tertiary/aromatic N) is 1. The van der Waals surface area contributed by atoms with Gasteiger partial charge in [-0.15, -0.1) is 0 Å². The van der Waals surface area contributed by atoms with E-state index in [1.807, 2.05) is 4.90 Å². The molecule has 2 aliphatic rings. The molecule has 1 atom stereocenters. The van der Waals surface area contributed by atoms with Crippen molar-refractivity contribution >= 4 is 5.91 Å². The van der Waals surface area contributed by atoms with Crippen LogP contribution in [0.25, 0.3) is 0 Å². The Hall–Kier alpha value is -0.610. The van der Waals surface area contributed by atoms with Crippen LogP contribution in [-0.4, -0.2) is 49.2 Å². The molecule has 0 radical (unpaired) electrons. The molecule has 0 aromatic heterocycles. The molecule has 1 aliphatic carbocycles. The average molecular weight is 240 g/mol. The van der Waals surface area contributed by atoms with Gasteiger partial charge in [0.15, 0.2) is 0 Å². The normalized spacial score (nSPS) is 24.6. The van der Waals surface area contributed by atoms with Crippen molar-refractivity contribution in [2.45, 2.75) is 51.1 Å². The Bertz CT molecular complexity index is 254. The second kappa shape index (κ2) is 6.36. The van der Waals surface area contributed by atoms with Crippen LogP contribution in [0.4, 0.5) is 0 Å². The molecule has 4 nitrogen and oxygen atoms in total. The van der Waals surface area contributed by atoms with E-state index in [-0.39, 0.29) is 11.9 Å². The maximum absolute atomic E-state index is 12.0. The minimum Gasteiger partial charge on any atom is -0.380 e. The summed E-state index contributed by atoms with van der Waals surface area (Å²) in [6.07, 6.45) is 5.72. The Morgan fingerprint density at radius 1 is 1.35 bits per heavy atom. The topological polar surface area (TPSA) is 41.6 Å². The van der Waals surface area contributed by atoms with Gasteiger partial charge in [-0.2, -0.15) is 0 Å². The molecule has 0 aromatic carbocycles. The van der Waals surface area contributed by atoms with E-state index in [1.54, 1.807) is 0 Å². The largest absolute Gasteiger partial charge is 0.380 e. The van der Waals surface area contributed by atoms with Crippen molar-refractivity contribution in [3.63, 3.8) is 0 Å². The van der Waals surface area contributed by atoms with Crippen LogP contribution in [0, 0.1) is 0 Å². The van der Waals surface area contributed by atoms with Crippen LogP contribution in [0.5, 0.6) is 0 Å². The number of carbonyl (C=O) groups is 1. The number of amides is 1. The maximum atomic E-state index is 12.0. The zero-order valence-corrected chi connectivity index (χ0v) is 10.8. The third-order valence-electron chi connectivity index (χ3n) is 3.46. The molecule has 1 saturated heterocycles. The predicted octanol–water partition coefficient (Wildman–Crippen LogP) is 1.16. The van der Waals surface area contributed by atoms with Crippen LogP contribution in [0.3, 0.4) is 0 Å². The molecule has 4 heteroatoms. The number of hydrogen-bond donors (Lipinski definition) is 1. The van der Waals surface area contributed by atoms with Crippen LogP contribution in [0.2, 0.25) is 0 Å². The fourth-order valence-corrected chi connectivity index (χ4v) is 2.17. The molecule has 98 valence electrons. The number of hydrogen-bond acceptors (Lipinski definition) is 3. The summed E-state index contributed by atoms with van der Waals surface area (Å²) < 4.78 is 5.50. The maximum Gasteiger partial charge on any atom is 0.239 e. The first-order valence-corrected chi connectivity index (χ1v) is 6.94. The van der Waals surface area contributed by atoms with Crippen molar-refractivity contribution in [3.05, 3.63) is 0 Å². The minimum absolute atomic E-state index is 0.0816. The van der Waals surface area contributed by atoms with Crippen molar-refractivity contribution in [2.75, 3.05) is 26.3 Å². The fourth-order valence-electron chi connectivity index (χ4n) is 2.17. The highest BCUT2D eigenvalue weighted by Crippen LogP contribution is 2.22. The number of likely N-dealkylation sites (tertiary alicyclic amines) is 1. The summed E-state index contributed by atoms with van der Waals surface area (Å²) in [5, 5.41) is 3.41. The number of nitrogens with one attached hydrogen (secondary N) is 1. The molecular weight excluding hydrogens is 216 g/mol. The number of unbranched alkanes of at least 4 members (excludes halogenated alkanes) is 1. The van der Waals surface area contributed by atoms with Gasteiger partial charge in [-0.1, -0.05) is 13.3 Å². The molecule has 1 aliphatic heterocycles. The van der Waals surface area contributed by atoms with Crippen LogP contribution in [0.15, 0.2) is 0 Å². The summed E-state index contributed by atoms with van der Waals surface area (Å²) >= 11 is 0. The Morgan fingerprint density at radius 3 is 2.88 bits per heavy atom. The summed E-state index contributed by atoms with van der Waals surface area (Å²) in [6.45, 7) is 5.30. The van der Waals surface area contributed by atoms with Crippen LogP contribution < -0.4 is 5.32 Å². The zero-order chi connectivity index (χ0) is 12.1. The van der Waals surface area contributed by atoms with Crippen molar-refractivity contribution in [1.29, 1.82) is 0 Å². The van der Waals surface area contributed by atoms with Crippen LogP contribution >= 0.6 is 0 Å². The van der Waals surface area contributed by atoms with Gasteiger partial charge in [0, 0.05) is 25.7 Å². The fraction of sp³-hybridized carbons (Fsp3) is 0.923. The van der Waals surface area contributed by atoms with Crippen LogP contribution in [0.1, 0.15) is 39.0 Å². The highest BCUT2D eigenvalue weighted by molar-refractivity contribution is 5.84. The van der Waals surface area contributed by atoms with Gasteiger partial charge in [0.2, 0.25) is 5.91 Å². The van der Waals surface area contributed by atoms with E-state index in [0.717, 1.165) is 39.0 Å². The lowest BCUT2D eigenvalue weighted by molar-refractivity contribution is -0.130. The molecule has 0 spiro atoms. The van der Waals surface area contributed by atoms with Gasteiger partial charge in [-0.05, 0) is 25.7 Å². The molecule has 2 rings (SSSR count). The first-order chi connectivity index (χ1) is 8.31. The lowest BCUT2D eigenvalue weighted by Crippen LogP contribution is -2.40. The monoisotopic (exact) mass is 240 g/mol. The molecule has 2 fully saturated rings. The number of rotatable bonds is 8. The Morgan fingerprint density at radius 2 is 2.18 bits per heavy atom. The summed E-state index contributed by atoms with van der Waals surface area (Å²) in [6, 6.07) is 0.697. The molecule has 1 saturated carbocycles. The van der Waals surface area contributed by atoms with E-state index in [9.17, 15) is 4.79 Å². The quantitative estimate of drug-likeness (QED) is 0.647. The van der Waals surface area contributed by atoms with E-state index < -0.39 is 0 Å². The van der Waals surface area contributed by atoms with Gasteiger partial charge in [0.1, 0.15) is 0 Å². The van der Waals surface area contributed by atoms with Gasteiger partial charge >= 0.3 is 0 Å². The number of ether oxygens (including phenoxy) is 1. The molecule has 17 heavy (non-hydrogen) atoms. The summed E-state index contributed by atoms with van der Waals surface area (Å²) in [4.78, 5) is 13.9. The minimum atomic E-state index is 0.0816. The molecule has 1 unspecified atom stereocenters. The van der Waals surface area contributed by atoms with E-state index >= 15 is 0 Å². The lowest BCUT2D eigenvalue weighted by Gasteiger charge is -2.17. The number of carbonyl (C=O) groups excluding carboxylic acids is 1. The second-order valence-electron chi connectivity index (χ2n) is 5.07. The lowest BCUT2D eigenvalue weighted by atomic mass is 10.2. The van der Waals surface area contributed by atoms with E-state index in [0.29, 0.717) is 12.6 Å². The van der Waals surface area contributed by atoms with Gasteiger partial charge in [0.25, 0.3) is 0 Å². The van der Waals surface area contributed by atoms with Crippen molar-refractivity contribution in [2.24, 2.45) is 0 Å². The van der Waals surface area contributed by atoms with Crippen LogP contribution in [-0.2, 0) is 9.53 Å². The zero-order valence-electron chi connectivity index (χ0n) is 10.8. The van der Waals surface area contributed by atoms with Gasteiger partial charge in [-0.25, -0.2) is 0 Å². The Balaban J connectivity index is 1.59. The highest BCUT2D eigenvalue weighted by Gasteiger charge is 2.35. The van der Waals surface area contributed by atoms with Crippen molar-refractivity contribution in [3.8, 4) is 0 Å². The molecular formula is C13H24N2O2. The first kappa shape index (κ1) is 12.8. The van der Waals surface area contributed by atoms with Crippen molar-refractivity contribution < 1.29 is 9.53 Å². The van der Waals surface area contributed by atoms with Gasteiger partial charge in [0.05, 0.1) is 12.6 Å². The summed E-state index contributed by atoms with van der Waals surface area (Å²) in [5.41, 5.74) is 0. The third-order valence-corrected chi connectivity index (χ3v) is 3.46. The predicted molar refractivity (Wildman–Crippen MR) is 66.9 cm³/mol. The van der Waals surface area contributed by atoms with E-state index in [4.69, 9.17) is 4.74 Å². The molecule has 1 heterocycles. The summed E-state index contributed by atoms with van der Waals surface area (Å²) in [5.74, 6) is 0.274. The Kier molecular flexibility index (Phi) is 4.80. The smallest absolute Gasteiger partial charge is 0.239 e. The highest BCUT2D eigenvalue weighted by atomic mass is 16.5. The molecule has 1 amide bonds. The van der Waals surface area contributed by atoms with Gasteiger partial charge in [-0.3, -0.25) is 4.79 Å². The molecule has 0 aromatic rings. The van der Waals surface area contributed by atoms with Gasteiger partial charge < -0.3 is 15.0 Å². The molecule has 1 N–H and O–H groups in total. The SMILES string of the molecule is CCCCOCCN1CCC(NC2CC2)C1=O. The first-order valence-electron chi connectivity index (χ1n) is 6.94. The van der Waals surface area contributed by atoms with E-state index in [2.05, 4.69) is 12.2 Å². The summed E-state index contributed by atoms with van der Waals surface area (Å²) in [7, 11) is 0. The Labute approximate surface area is 104 Å². The van der Waals surface area contributed by atoms with E-state index in [1.165, 1.54) is 12.8 Å². The average Bonchev–Trinajstić information content (AvgIpc) is 3.08. The standard InChI is InChI=1S/C13H24N2O2/c1-2-3-9-17-10-8-15-7-6-12(13(15)16)14-11-4-5-11/h11-12,14H,2-10H2,1H3. The molecule has 0 bridgehead atoms.